The molecule has 0 amide bonds. The molecule has 0 saturated carbocycles. The monoisotopic (exact) mass is 353 g/mol. The van der Waals surface area contributed by atoms with E-state index >= 15 is 0 Å². The van der Waals surface area contributed by atoms with Gasteiger partial charge >= 0.3 is 0 Å². The molecule has 2 aromatic rings. The van der Waals surface area contributed by atoms with Crippen LogP contribution in [0.25, 0.3) is 0 Å². The van der Waals surface area contributed by atoms with Crippen LogP contribution in [0.4, 0.5) is 5.69 Å². The summed E-state index contributed by atoms with van der Waals surface area (Å²) in [6, 6.07) is 12.3. The fraction of sp³-hybridized carbons (Fsp3) is 0.250. The maximum atomic E-state index is 12.4. The predicted octanol–water partition coefficient (Wildman–Crippen LogP) is 3.01. The Labute approximate surface area is 137 Å². The molecular formula is C16H19NO4S2. The van der Waals surface area contributed by atoms with Crippen molar-refractivity contribution in [3.05, 3.63) is 54.1 Å². The van der Waals surface area contributed by atoms with E-state index in [1.54, 1.807) is 12.1 Å². The minimum atomic E-state index is -3.76. The van der Waals surface area contributed by atoms with Gasteiger partial charge in [-0.05, 0) is 41.8 Å². The van der Waals surface area contributed by atoms with E-state index in [1.807, 2.05) is 13.8 Å². The van der Waals surface area contributed by atoms with Gasteiger partial charge < -0.3 is 0 Å². The van der Waals surface area contributed by atoms with Gasteiger partial charge in [0.1, 0.15) is 0 Å². The molecule has 23 heavy (non-hydrogen) atoms. The first kappa shape index (κ1) is 17.5. The molecule has 0 radical (unpaired) electrons. The lowest BCUT2D eigenvalue weighted by Gasteiger charge is -2.10. The maximum absolute atomic E-state index is 12.4. The van der Waals surface area contributed by atoms with Gasteiger partial charge in [-0.1, -0.05) is 32.0 Å². The summed E-state index contributed by atoms with van der Waals surface area (Å²) in [5.41, 5.74) is 1.25. The molecule has 0 aliphatic rings. The van der Waals surface area contributed by atoms with E-state index in [0.29, 0.717) is 5.92 Å². The van der Waals surface area contributed by atoms with Gasteiger partial charge in [0.15, 0.2) is 9.84 Å². The number of sulfone groups is 1. The lowest BCUT2D eigenvalue weighted by molar-refractivity contribution is 0.599. The van der Waals surface area contributed by atoms with Crippen LogP contribution in [0, 0.1) is 0 Å². The Morgan fingerprint density at radius 1 is 0.870 bits per heavy atom. The summed E-state index contributed by atoms with van der Waals surface area (Å²) in [5, 5.41) is 0. The number of hydrogen-bond acceptors (Lipinski definition) is 4. The molecule has 5 nitrogen and oxygen atoms in total. The Morgan fingerprint density at radius 2 is 1.48 bits per heavy atom. The summed E-state index contributed by atoms with van der Waals surface area (Å²) < 4.78 is 50.3. The van der Waals surface area contributed by atoms with Crippen molar-refractivity contribution in [3.8, 4) is 0 Å². The zero-order valence-electron chi connectivity index (χ0n) is 13.1. The van der Waals surface area contributed by atoms with Crippen molar-refractivity contribution in [2.45, 2.75) is 29.6 Å². The molecule has 2 aromatic carbocycles. The molecule has 0 unspecified atom stereocenters. The first-order valence-corrected chi connectivity index (χ1v) is 10.4. The van der Waals surface area contributed by atoms with E-state index in [0.717, 1.165) is 11.8 Å². The smallest absolute Gasteiger partial charge is 0.261 e. The second kappa shape index (κ2) is 6.33. The number of anilines is 1. The summed E-state index contributed by atoms with van der Waals surface area (Å²) in [6.07, 6.45) is 1.07. The summed E-state index contributed by atoms with van der Waals surface area (Å²) in [6.45, 7) is 4.05. The zero-order valence-corrected chi connectivity index (χ0v) is 14.8. The largest absolute Gasteiger partial charge is 0.280 e. The molecular weight excluding hydrogens is 334 g/mol. The number of benzene rings is 2. The highest BCUT2D eigenvalue weighted by molar-refractivity contribution is 7.92. The van der Waals surface area contributed by atoms with Crippen LogP contribution in [0.15, 0.2) is 58.3 Å². The van der Waals surface area contributed by atoms with E-state index < -0.39 is 19.9 Å². The van der Waals surface area contributed by atoms with Gasteiger partial charge in [0.05, 0.1) is 15.5 Å². The Balaban J connectivity index is 2.31. The Bertz CT molecular complexity index is 899. The van der Waals surface area contributed by atoms with Crippen LogP contribution >= 0.6 is 0 Å². The second-order valence-electron chi connectivity index (χ2n) is 5.63. The van der Waals surface area contributed by atoms with E-state index in [-0.39, 0.29) is 15.5 Å². The highest BCUT2D eigenvalue weighted by Gasteiger charge is 2.16. The molecule has 0 fully saturated rings. The number of hydrogen-bond donors (Lipinski definition) is 1. The topological polar surface area (TPSA) is 80.3 Å². The van der Waals surface area contributed by atoms with E-state index in [1.165, 1.54) is 36.4 Å². The molecule has 0 saturated heterocycles. The average Bonchev–Trinajstić information content (AvgIpc) is 2.46. The molecule has 2 rings (SSSR count). The predicted molar refractivity (Wildman–Crippen MR) is 90.9 cm³/mol. The van der Waals surface area contributed by atoms with Crippen molar-refractivity contribution in [1.82, 2.24) is 0 Å². The first-order valence-electron chi connectivity index (χ1n) is 7.02. The number of nitrogens with one attached hydrogen (secondary N) is 1. The first-order chi connectivity index (χ1) is 10.6. The maximum Gasteiger partial charge on any atom is 0.261 e. The van der Waals surface area contributed by atoms with Crippen LogP contribution < -0.4 is 4.72 Å². The Hall–Kier alpha value is -1.86. The third kappa shape index (κ3) is 4.33. The number of rotatable bonds is 5. The van der Waals surface area contributed by atoms with Gasteiger partial charge in [-0.3, -0.25) is 4.72 Å². The van der Waals surface area contributed by atoms with Gasteiger partial charge in [0.25, 0.3) is 10.0 Å². The standard InChI is InChI=1S/C16H19NO4S2/c1-12(2)13-7-9-15(10-8-13)23(20,21)17-14-5-4-6-16(11-14)22(3,18)19/h4-12,17H,1-3H3. The molecule has 124 valence electrons. The van der Waals surface area contributed by atoms with Gasteiger partial charge in [0, 0.05) is 6.26 Å². The van der Waals surface area contributed by atoms with E-state index in [2.05, 4.69) is 4.72 Å². The zero-order chi connectivity index (χ0) is 17.3. The van der Waals surface area contributed by atoms with Crippen LogP contribution in [-0.4, -0.2) is 23.1 Å². The lowest BCUT2D eigenvalue weighted by atomic mass is 10.0. The van der Waals surface area contributed by atoms with Crippen molar-refractivity contribution in [2.24, 2.45) is 0 Å². The summed E-state index contributed by atoms with van der Waals surface area (Å²) in [5.74, 6) is 0.311. The Morgan fingerprint density at radius 3 is 2.00 bits per heavy atom. The van der Waals surface area contributed by atoms with Crippen molar-refractivity contribution in [2.75, 3.05) is 11.0 Å². The molecule has 0 aliphatic carbocycles. The lowest BCUT2D eigenvalue weighted by Crippen LogP contribution is -2.13. The highest BCUT2D eigenvalue weighted by Crippen LogP contribution is 2.21. The van der Waals surface area contributed by atoms with Crippen LogP contribution in [0.1, 0.15) is 25.3 Å². The average molecular weight is 353 g/mol. The van der Waals surface area contributed by atoms with Gasteiger partial charge in [0.2, 0.25) is 0 Å². The molecule has 0 atom stereocenters. The number of sulfonamides is 1. The Kier molecular flexibility index (Phi) is 4.81. The third-order valence-electron chi connectivity index (χ3n) is 3.37. The van der Waals surface area contributed by atoms with Gasteiger partial charge in [-0.15, -0.1) is 0 Å². The molecule has 7 heteroatoms. The normalized spacial score (nSPS) is 12.3. The van der Waals surface area contributed by atoms with E-state index in [4.69, 9.17) is 0 Å². The van der Waals surface area contributed by atoms with Crippen LogP contribution in [0.2, 0.25) is 0 Å². The van der Waals surface area contributed by atoms with Crippen molar-refractivity contribution < 1.29 is 16.8 Å². The third-order valence-corrected chi connectivity index (χ3v) is 5.88. The van der Waals surface area contributed by atoms with Crippen LogP contribution in [0.3, 0.4) is 0 Å². The minimum Gasteiger partial charge on any atom is -0.280 e. The summed E-state index contributed by atoms with van der Waals surface area (Å²) >= 11 is 0. The molecule has 0 aliphatic heterocycles. The molecule has 0 aromatic heterocycles. The van der Waals surface area contributed by atoms with Crippen LogP contribution in [0.5, 0.6) is 0 Å². The fourth-order valence-electron chi connectivity index (χ4n) is 2.04. The SMILES string of the molecule is CC(C)c1ccc(S(=O)(=O)Nc2cccc(S(C)(=O)=O)c2)cc1. The highest BCUT2D eigenvalue weighted by atomic mass is 32.2. The minimum absolute atomic E-state index is 0.0628. The van der Waals surface area contributed by atoms with Gasteiger partial charge in [-0.2, -0.15) is 0 Å². The quantitative estimate of drug-likeness (QED) is 0.896. The molecule has 0 spiro atoms. The van der Waals surface area contributed by atoms with Gasteiger partial charge in [-0.25, -0.2) is 16.8 Å². The molecule has 0 heterocycles. The summed E-state index contributed by atoms with van der Waals surface area (Å²) in [4.78, 5) is 0.194. The second-order valence-corrected chi connectivity index (χ2v) is 9.33. The van der Waals surface area contributed by atoms with E-state index in [9.17, 15) is 16.8 Å². The molecule has 1 N–H and O–H groups in total. The fourth-order valence-corrected chi connectivity index (χ4v) is 3.75. The molecule has 0 bridgehead atoms. The van der Waals surface area contributed by atoms with Crippen LogP contribution in [-0.2, 0) is 19.9 Å². The van der Waals surface area contributed by atoms with Crippen molar-refractivity contribution in [3.63, 3.8) is 0 Å². The van der Waals surface area contributed by atoms with Crippen molar-refractivity contribution >= 4 is 25.5 Å². The summed E-state index contributed by atoms with van der Waals surface area (Å²) in [7, 11) is -7.16. The van der Waals surface area contributed by atoms with Crippen molar-refractivity contribution in [1.29, 1.82) is 0 Å².